The van der Waals surface area contributed by atoms with Crippen molar-refractivity contribution >= 4 is 33.2 Å². The third-order valence-corrected chi connectivity index (χ3v) is 6.57. The number of ether oxygens (including phenoxy) is 1. The SMILES string of the molecule is CC(NC(=O)COC(=O)c1ccc(S(=O)(=O)NCc2ccco2)cc1)c1cccs1. The molecule has 0 spiro atoms. The molecule has 10 heteroatoms. The summed E-state index contributed by atoms with van der Waals surface area (Å²) in [6.07, 6.45) is 1.45. The Hall–Kier alpha value is -2.95. The van der Waals surface area contributed by atoms with Crippen LogP contribution >= 0.6 is 11.3 Å². The van der Waals surface area contributed by atoms with Gasteiger partial charge in [0, 0.05) is 4.88 Å². The van der Waals surface area contributed by atoms with Gasteiger partial charge >= 0.3 is 5.97 Å². The molecule has 3 aromatic rings. The number of thiophene rings is 1. The Balaban J connectivity index is 1.51. The van der Waals surface area contributed by atoms with Gasteiger partial charge in [0.05, 0.1) is 29.3 Å². The highest BCUT2D eigenvalue weighted by Crippen LogP contribution is 2.18. The predicted octanol–water partition coefficient (Wildman–Crippen LogP) is 2.85. The maximum absolute atomic E-state index is 12.3. The van der Waals surface area contributed by atoms with Crippen LogP contribution in [0.2, 0.25) is 0 Å². The highest BCUT2D eigenvalue weighted by molar-refractivity contribution is 7.89. The Labute approximate surface area is 177 Å². The van der Waals surface area contributed by atoms with Crippen LogP contribution in [-0.4, -0.2) is 26.9 Å². The van der Waals surface area contributed by atoms with Gasteiger partial charge in [-0.1, -0.05) is 6.07 Å². The highest BCUT2D eigenvalue weighted by Gasteiger charge is 2.17. The van der Waals surface area contributed by atoms with Crippen LogP contribution in [-0.2, 0) is 26.1 Å². The molecule has 1 amide bonds. The average molecular weight is 449 g/mol. The first kappa shape index (κ1) is 21.8. The van der Waals surface area contributed by atoms with Crippen molar-refractivity contribution < 1.29 is 27.2 Å². The molecule has 2 N–H and O–H groups in total. The molecule has 1 aromatic carbocycles. The number of nitrogens with one attached hydrogen (secondary N) is 2. The van der Waals surface area contributed by atoms with Gasteiger partial charge in [0.15, 0.2) is 6.61 Å². The minimum Gasteiger partial charge on any atom is -0.468 e. The molecule has 0 aliphatic carbocycles. The number of esters is 1. The first-order valence-corrected chi connectivity index (χ1v) is 11.3. The molecule has 0 fully saturated rings. The number of sulfonamides is 1. The third kappa shape index (κ3) is 5.78. The van der Waals surface area contributed by atoms with Gasteiger partial charge in [0.1, 0.15) is 5.76 Å². The van der Waals surface area contributed by atoms with E-state index in [4.69, 9.17) is 9.15 Å². The lowest BCUT2D eigenvalue weighted by molar-refractivity contribution is -0.124. The number of carbonyl (C=O) groups is 2. The van der Waals surface area contributed by atoms with Crippen molar-refractivity contribution in [3.8, 4) is 0 Å². The second kappa shape index (κ2) is 9.70. The van der Waals surface area contributed by atoms with E-state index in [-0.39, 0.29) is 23.0 Å². The molecule has 0 aliphatic rings. The molecule has 0 aliphatic heterocycles. The molecule has 1 unspecified atom stereocenters. The summed E-state index contributed by atoms with van der Waals surface area (Å²) in [7, 11) is -3.76. The lowest BCUT2D eigenvalue weighted by atomic mass is 10.2. The Morgan fingerprint density at radius 3 is 2.53 bits per heavy atom. The number of furan rings is 1. The van der Waals surface area contributed by atoms with Crippen molar-refractivity contribution in [3.05, 3.63) is 76.4 Å². The molecule has 0 bridgehead atoms. The summed E-state index contributed by atoms with van der Waals surface area (Å²) >= 11 is 1.52. The Kier molecular flexibility index (Phi) is 7.03. The summed E-state index contributed by atoms with van der Waals surface area (Å²) in [5.41, 5.74) is 0.138. The minimum absolute atomic E-state index is 0.00637. The first-order chi connectivity index (χ1) is 14.3. The van der Waals surface area contributed by atoms with E-state index in [9.17, 15) is 18.0 Å². The molecule has 30 heavy (non-hydrogen) atoms. The van der Waals surface area contributed by atoms with Gasteiger partial charge in [-0.25, -0.2) is 17.9 Å². The minimum atomic E-state index is -3.76. The fourth-order valence-corrected chi connectivity index (χ4v) is 4.27. The fourth-order valence-electron chi connectivity index (χ4n) is 2.54. The standard InChI is InChI=1S/C20H20N2O6S2/c1-14(18-5-3-11-29-18)22-19(23)13-28-20(24)15-6-8-17(9-7-15)30(25,26)21-12-16-4-2-10-27-16/h2-11,14,21H,12-13H2,1H3,(H,22,23). The van der Waals surface area contributed by atoms with E-state index in [1.807, 2.05) is 24.4 Å². The van der Waals surface area contributed by atoms with Gasteiger partial charge in [-0.05, 0) is 54.8 Å². The van der Waals surface area contributed by atoms with Crippen LogP contribution in [0.1, 0.15) is 34.0 Å². The van der Waals surface area contributed by atoms with E-state index in [1.165, 1.54) is 41.9 Å². The van der Waals surface area contributed by atoms with Gasteiger partial charge in [0.25, 0.3) is 5.91 Å². The number of amides is 1. The molecule has 0 saturated heterocycles. The van der Waals surface area contributed by atoms with Crippen LogP contribution in [0.3, 0.4) is 0 Å². The van der Waals surface area contributed by atoms with Crippen molar-refractivity contribution in [2.45, 2.75) is 24.4 Å². The second-order valence-electron chi connectivity index (χ2n) is 6.31. The predicted molar refractivity (Wildman–Crippen MR) is 110 cm³/mol. The third-order valence-electron chi connectivity index (χ3n) is 4.10. The Morgan fingerprint density at radius 1 is 1.13 bits per heavy atom. The van der Waals surface area contributed by atoms with Crippen molar-refractivity contribution in [1.29, 1.82) is 0 Å². The molecule has 2 aromatic heterocycles. The van der Waals surface area contributed by atoms with Gasteiger partial charge < -0.3 is 14.5 Å². The summed E-state index contributed by atoms with van der Waals surface area (Å²) in [6, 6.07) is 12.2. The summed E-state index contributed by atoms with van der Waals surface area (Å²) < 4.78 is 37.1. The lowest BCUT2D eigenvalue weighted by Crippen LogP contribution is -2.30. The van der Waals surface area contributed by atoms with Crippen LogP contribution in [0.4, 0.5) is 0 Å². The summed E-state index contributed by atoms with van der Waals surface area (Å²) in [6.45, 7) is 1.42. The molecule has 8 nitrogen and oxygen atoms in total. The normalized spacial score (nSPS) is 12.3. The van der Waals surface area contributed by atoms with Crippen LogP contribution in [0, 0.1) is 0 Å². The number of carbonyl (C=O) groups excluding carboxylic acids is 2. The Morgan fingerprint density at radius 2 is 1.90 bits per heavy atom. The number of hydrogen-bond acceptors (Lipinski definition) is 7. The highest BCUT2D eigenvalue weighted by atomic mass is 32.2. The zero-order chi connectivity index (χ0) is 21.6. The first-order valence-electron chi connectivity index (χ1n) is 8.97. The van der Waals surface area contributed by atoms with Crippen LogP contribution in [0.25, 0.3) is 0 Å². The molecule has 0 saturated carbocycles. The van der Waals surface area contributed by atoms with E-state index in [0.717, 1.165) is 4.88 Å². The number of benzene rings is 1. The molecular weight excluding hydrogens is 428 g/mol. The van der Waals surface area contributed by atoms with Crippen molar-refractivity contribution in [2.24, 2.45) is 0 Å². The zero-order valence-electron chi connectivity index (χ0n) is 16.0. The summed E-state index contributed by atoms with van der Waals surface area (Å²) in [4.78, 5) is 25.1. The smallest absolute Gasteiger partial charge is 0.338 e. The molecule has 2 heterocycles. The molecule has 3 rings (SSSR count). The van der Waals surface area contributed by atoms with E-state index in [1.54, 1.807) is 12.1 Å². The van der Waals surface area contributed by atoms with Crippen LogP contribution < -0.4 is 10.0 Å². The van der Waals surface area contributed by atoms with Gasteiger partial charge in [-0.2, -0.15) is 0 Å². The van der Waals surface area contributed by atoms with Gasteiger partial charge in [0.2, 0.25) is 10.0 Å². The lowest BCUT2D eigenvalue weighted by Gasteiger charge is -2.12. The topological polar surface area (TPSA) is 115 Å². The molecule has 0 radical (unpaired) electrons. The quantitative estimate of drug-likeness (QED) is 0.487. The summed E-state index contributed by atoms with van der Waals surface area (Å²) in [5, 5.41) is 4.65. The average Bonchev–Trinajstić information content (AvgIpc) is 3.45. The Bertz CT molecular complexity index is 1080. The zero-order valence-corrected chi connectivity index (χ0v) is 17.7. The van der Waals surface area contributed by atoms with E-state index >= 15 is 0 Å². The summed E-state index contributed by atoms with van der Waals surface area (Å²) in [5.74, 6) is -0.669. The second-order valence-corrected chi connectivity index (χ2v) is 9.06. The number of hydrogen-bond donors (Lipinski definition) is 2. The van der Waals surface area contributed by atoms with E-state index < -0.39 is 28.5 Å². The largest absolute Gasteiger partial charge is 0.468 e. The van der Waals surface area contributed by atoms with Crippen LogP contribution in [0.15, 0.2) is 69.5 Å². The van der Waals surface area contributed by atoms with Crippen LogP contribution in [0.5, 0.6) is 0 Å². The molecule has 158 valence electrons. The van der Waals surface area contributed by atoms with Crippen molar-refractivity contribution in [1.82, 2.24) is 10.0 Å². The van der Waals surface area contributed by atoms with Crippen molar-refractivity contribution in [3.63, 3.8) is 0 Å². The maximum Gasteiger partial charge on any atom is 0.338 e. The van der Waals surface area contributed by atoms with E-state index in [0.29, 0.717) is 5.76 Å². The molecular formula is C20H20N2O6S2. The monoisotopic (exact) mass is 448 g/mol. The molecule has 1 atom stereocenters. The fraction of sp³-hybridized carbons (Fsp3) is 0.200. The van der Waals surface area contributed by atoms with Gasteiger partial charge in [-0.3, -0.25) is 4.79 Å². The number of rotatable bonds is 9. The maximum atomic E-state index is 12.3. The van der Waals surface area contributed by atoms with E-state index in [2.05, 4.69) is 10.0 Å². The van der Waals surface area contributed by atoms with Crippen molar-refractivity contribution in [2.75, 3.05) is 6.61 Å². The van der Waals surface area contributed by atoms with Gasteiger partial charge in [-0.15, -0.1) is 11.3 Å².